The molecule has 3 rings (SSSR count). The van der Waals surface area contributed by atoms with Crippen LogP contribution in [-0.2, 0) is 21.2 Å². The van der Waals surface area contributed by atoms with Gasteiger partial charge in [-0.3, -0.25) is 9.10 Å². The number of benzene rings is 2. The molecule has 1 heterocycles. The van der Waals surface area contributed by atoms with Crippen LogP contribution in [0.1, 0.15) is 18.4 Å². The number of methoxy groups -OCH3 is 1. The summed E-state index contributed by atoms with van der Waals surface area (Å²) in [5.74, 6) is 0.485. The Morgan fingerprint density at radius 2 is 1.96 bits per heavy atom. The average Bonchev–Trinajstić information content (AvgIpc) is 3.00. The van der Waals surface area contributed by atoms with E-state index in [1.54, 1.807) is 18.2 Å². The average molecular weight is 374 g/mol. The minimum absolute atomic E-state index is 0.117. The Hall–Kier alpha value is -2.54. The topological polar surface area (TPSA) is 75.7 Å². The van der Waals surface area contributed by atoms with Crippen molar-refractivity contribution >= 4 is 27.3 Å². The third-order valence-electron chi connectivity index (χ3n) is 4.33. The second kappa shape index (κ2) is 7.78. The summed E-state index contributed by atoms with van der Waals surface area (Å²) in [6.45, 7) is 0.467. The second-order valence-electron chi connectivity index (χ2n) is 6.16. The quantitative estimate of drug-likeness (QED) is 0.844. The Kier molecular flexibility index (Phi) is 5.46. The highest BCUT2D eigenvalue weighted by molar-refractivity contribution is 7.93. The van der Waals surface area contributed by atoms with Gasteiger partial charge in [-0.2, -0.15) is 0 Å². The molecule has 0 radical (unpaired) electrons. The smallest absolute Gasteiger partial charge is 0.235 e. The molecule has 1 fully saturated rings. The summed E-state index contributed by atoms with van der Waals surface area (Å²) in [7, 11) is -1.75. The lowest BCUT2D eigenvalue weighted by molar-refractivity contribution is -0.116. The highest BCUT2D eigenvalue weighted by Gasteiger charge is 2.29. The zero-order valence-electron chi connectivity index (χ0n) is 14.6. The van der Waals surface area contributed by atoms with E-state index in [-0.39, 0.29) is 11.7 Å². The molecule has 0 saturated carbocycles. The minimum Gasteiger partial charge on any atom is -0.494 e. The van der Waals surface area contributed by atoms with Gasteiger partial charge in [-0.05, 0) is 30.5 Å². The Morgan fingerprint density at radius 1 is 1.19 bits per heavy atom. The maximum atomic E-state index is 12.2. The van der Waals surface area contributed by atoms with Crippen LogP contribution in [0.15, 0.2) is 48.5 Å². The Balaban J connectivity index is 1.69. The first-order valence-corrected chi connectivity index (χ1v) is 10.1. The van der Waals surface area contributed by atoms with E-state index in [1.807, 2.05) is 30.3 Å². The van der Waals surface area contributed by atoms with Crippen molar-refractivity contribution in [1.29, 1.82) is 0 Å². The number of rotatable bonds is 6. The van der Waals surface area contributed by atoms with E-state index in [4.69, 9.17) is 4.74 Å². The third kappa shape index (κ3) is 4.16. The molecule has 26 heavy (non-hydrogen) atoms. The van der Waals surface area contributed by atoms with Crippen LogP contribution in [0.25, 0.3) is 0 Å². The van der Waals surface area contributed by atoms with Gasteiger partial charge in [0.2, 0.25) is 15.9 Å². The summed E-state index contributed by atoms with van der Waals surface area (Å²) in [6.07, 6.45) is 1.62. The van der Waals surface area contributed by atoms with Crippen LogP contribution in [0, 0.1) is 0 Å². The number of sulfonamides is 1. The number of ether oxygens (including phenoxy) is 1. The summed E-state index contributed by atoms with van der Waals surface area (Å²) < 4.78 is 30.8. The number of hydrogen-bond acceptors (Lipinski definition) is 4. The molecule has 1 amide bonds. The molecule has 7 heteroatoms. The van der Waals surface area contributed by atoms with Crippen LogP contribution < -0.4 is 14.4 Å². The number of carbonyl (C=O) groups excluding carboxylic acids is 1. The maximum absolute atomic E-state index is 12.2. The molecule has 0 aliphatic carbocycles. The molecule has 2 aromatic carbocycles. The molecule has 0 aromatic heterocycles. The molecule has 138 valence electrons. The van der Waals surface area contributed by atoms with Crippen molar-refractivity contribution in [2.75, 3.05) is 29.0 Å². The van der Waals surface area contributed by atoms with Crippen LogP contribution in [0.4, 0.5) is 11.4 Å². The Labute approximate surface area is 153 Å². The first-order valence-electron chi connectivity index (χ1n) is 8.52. The molecule has 0 bridgehead atoms. The lowest BCUT2D eigenvalue weighted by atomic mass is 10.1. The Morgan fingerprint density at radius 3 is 2.62 bits per heavy atom. The van der Waals surface area contributed by atoms with Crippen molar-refractivity contribution in [1.82, 2.24) is 0 Å². The van der Waals surface area contributed by atoms with Gasteiger partial charge >= 0.3 is 0 Å². The van der Waals surface area contributed by atoms with Crippen LogP contribution in [0.5, 0.6) is 5.75 Å². The van der Waals surface area contributed by atoms with E-state index >= 15 is 0 Å². The third-order valence-corrected chi connectivity index (χ3v) is 6.20. The van der Waals surface area contributed by atoms with Gasteiger partial charge in [-0.15, -0.1) is 0 Å². The molecule has 1 saturated heterocycles. The van der Waals surface area contributed by atoms with Crippen molar-refractivity contribution in [3.8, 4) is 5.75 Å². The fourth-order valence-corrected chi connectivity index (χ4v) is 4.54. The predicted octanol–water partition coefficient (Wildman–Crippen LogP) is 2.81. The zero-order valence-corrected chi connectivity index (χ0v) is 15.5. The number of nitrogens with one attached hydrogen (secondary N) is 1. The fraction of sp³-hybridized carbons (Fsp3) is 0.316. The van der Waals surface area contributed by atoms with Crippen molar-refractivity contribution in [2.24, 2.45) is 0 Å². The number of nitrogens with zero attached hydrogens (tertiary/aromatic N) is 1. The number of amides is 1. The van der Waals surface area contributed by atoms with Gasteiger partial charge in [0, 0.05) is 19.0 Å². The normalized spacial score (nSPS) is 15.7. The first kappa shape index (κ1) is 18.3. The van der Waals surface area contributed by atoms with E-state index in [0.29, 0.717) is 42.9 Å². The molecular weight excluding hydrogens is 352 g/mol. The van der Waals surface area contributed by atoms with Crippen LogP contribution in [-0.4, -0.2) is 33.7 Å². The van der Waals surface area contributed by atoms with E-state index in [9.17, 15) is 13.2 Å². The molecular formula is C19H22N2O4S. The van der Waals surface area contributed by atoms with E-state index in [0.717, 1.165) is 5.56 Å². The van der Waals surface area contributed by atoms with Gasteiger partial charge in [0.15, 0.2) is 0 Å². The van der Waals surface area contributed by atoms with Gasteiger partial charge in [0.1, 0.15) is 5.75 Å². The highest BCUT2D eigenvalue weighted by atomic mass is 32.2. The SMILES string of the molecule is COc1cc(N2CCCS2(=O)=O)ccc1NC(=O)CCc1ccccc1. The van der Waals surface area contributed by atoms with E-state index < -0.39 is 10.0 Å². The monoisotopic (exact) mass is 374 g/mol. The second-order valence-corrected chi connectivity index (χ2v) is 8.17. The zero-order chi connectivity index (χ0) is 18.6. The number of carbonyl (C=O) groups is 1. The highest BCUT2D eigenvalue weighted by Crippen LogP contribution is 2.33. The summed E-state index contributed by atoms with van der Waals surface area (Å²) >= 11 is 0. The molecule has 0 unspecified atom stereocenters. The van der Waals surface area contributed by atoms with Crippen molar-refractivity contribution < 1.29 is 17.9 Å². The standard InChI is InChI=1S/C19H22N2O4S/c1-25-18-14-16(21-12-5-13-26(21,23)24)9-10-17(18)20-19(22)11-8-15-6-3-2-4-7-15/h2-4,6-7,9-10,14H,5,8,11-13H2,1H3,(H,20,22). The lowest BCUT2D eigenvalue weighted by Crippen LogP contribution is -2.25. The van der Waals surface area contributed by atoms with Crippen molar-refractivity contribution in [2.45, 2.75) is 19.3 Å². The van der Waals surface area contributed by atoms with E-state index in [2.05, 4.69) is 5.32 Å². The molecule has 1 aliphatic heterocycles. The first-order chi connectivity index (χ1) is 12.5. The number of anilines is 2. The van der Waals surface area contributed by atoms with Crippen molar-refractivity contribution in [3.63, 3.8) is 0 Å². The molecule has 0 spiro atoms. The molecule has 1 N–H and O–H groups in total. The molecule has 6 nitrogen and oxygen atoms in total. The van der Waals surface area contributed by atoms with Crippen LogP contribution in [0.3, 0.4) is 0 Å². The summed E-state index contributed by atoms with van der Waals surface area (Å²) in [5.41, 5.74) is 2.19. The van der Waals surface area contributed by atoms with E-state index in [1.165, 1.54) is 11.4 Å². The van der Waals surface area contributed by atoms with Crippen LogP contribution >= 0.6 is 0 Å². The molecule has 0 atom stereocenters. The summed E-state index contributed by atoms with van der Waals surface area (Å²) in [4.78, 5) is 12.2. The predicted molar refractivity (Wildman–Crippen MR) is 102 cm³/mol. The summed E-state index contributed by atoms with van der Waals surface area (Å²) in [5, 5.41) is 2.84. The maximum Gasteiger partial charge on any atom is 0.235 e. The number of aryl methyl sites for hydroxylation is 1. The summed E-state index contributed by atoms with van der Waals surface area (Å²) in [6, 6.07) is 14.8. The van der Waals surface area contributed by atoms with Gasteiger partial charge in [-0.25, -0.2) is 8.42 Å². The fourth-order valence-electron chi connectivity index (χ4n) is 2.98. The lowest BCUT2D eigenvalue weighted by Gasteiger charge is -2.19. The van der Waals surface area contributed by atoms with Crippen molar-refractivity contribution in [3.05, 3.63) is 54.1 Å². The number of hydrogen-bond donors (Lipinski definition) is 1. The van der Waals surface area contributed by atoms with Gasteiger partial charge in [0.05, 0.1) is 24.2 Å². The molecule has 1 aliphatic rings. The largest absolute Gasteiger partial charge is 0.494 e. The van der Waals surface area contributed by atoms with Gasteiger partial charge < -0.3 is 10.1 Å². The Bertz CT molecular complexity index is 882. The van der Waals surface area contributed by atoms with Gasteiger partial charge in [-0.1, -0.05) is 30.3 Å². The van der Waals surface area contributed by atoms with Gasteiger partial charge in [0.25, 0.3) is 0 Å². The minimum atomic E-state index is -3.25. The van der Waals surface area contributed by atoms with Crippen LogP contribution in [0.2, 0.25) is 0 Å². The molecule has 2 aromatic rings.